The van der Waals surface area contributed by atoms with E-state index in [0.717, 1.165) is 18.6 Å². The first kappa shape index (κ1) is 14.9. The molecular formula is C12H15FN2O4. The SMILES string of the molecule is CCCCC(Nc1ccc(F)cc1[N+](=O)[O-])C(=O)O. The van der Waals surface area contributed by atoms with Gasteiger partial charge in [0.15, 0.2) is 0 Å². The van der Waals surface area contributed by atoms with Gasteiger partial charge in [-0.25, -0.2) is 9.18 Å². The number of carboxylic acid groups (broad SMARTS) is 1. The summed E-state index contributed by atoms with van der Waals surface area (Å²) >= 11 is 0. The maximum absolute atomic E-state index is 13.0. The highest BCUT2D eigenvalue weighted by Gasteiger charge is 2.22. The monoisotopic (exact) mass is 270 g/mol. The number of rotatable bonds is 7. The molecule has 7 heteroatoms. The molecule has 0 saturated heterocycles. The predicted molar refractivity (Wildman–Crippen MR) is 67.6 cm³/mol. The number of nitro benzene ring substituents is 1. The molecule has 1 atom stereocenters. The quantitative estimate of drug-likeness (QED) is 0.587. The molecule has 1 unspecified atom stereocenters. The number of nitrogens with zero attached hydrogens (tertiary/aromatic N) is 1. The van der Waals surface area contributed by atoms with Crippen LogP contribution in [0.5, 0.6) is 0 Å². The van der Waals surface area contributed by atoms with E-state index in [-0.39, 0.29) is 5.69 Å². The first-order chi connectivity index (χ1) is 8.95. The second-order valence-electron chi connectivity index (χ2n) is 4.10. The highest BCUT2D eigenvalue weighted by molar-refractivity contribution is 5.78. The van der Waals surface area contributed by atoms with Gasteiger partial charge in [-0.3, -0.25) is 10.1 Å². The van der Waals surface area contributed by atoms with Crippen LogP contribution in [-0.4, -0.2) is 22.0 Å². The van der Waals surface area contributed by atoms with Gasteiger partial charge in [0, 0.05) is 0 Å². The average Bonchev–Trinajstić information content (AvgIpc) is 2.35. The van der Waals surface area contributed by atoms with E-state index in [1.165, 1.54) is 6.07 Å². The number of anilines is 1. The number of benzene rings is 1. The van der Waals surface area contributed by atoms with Crippen molar-refractivity contribution in [3.8, 4) is 0 Å². The van der Waals surface area contributed by atoms with E-state index in [4.69, 9.17) is 5.11 Å². The topological polar surface area (TPSA) is 92.5 Å². The molecule has 0 radical (unpaired) electrons. The molecule has 0 saturated carbocycles. The zero-order valence-electron chi connectivity index (χ0n) is 10.4. The van der Waals surface area contributed by atoms with E-state index < -0.39 is 28.4 Å². The van der Waals surface area contributed by atoms with Crippen LogP contribution in [0.15, 0.2) is 18.2 Å². The molecule has 1 aromatic carbocycles. The lowest BCUT2D eigenvalue weighted by Crippen LogP contribution is -2.29. The Bertz CT molecular complexity index is 479. The van der Waals surface area contributed by atoms with Gasteiger partial charge in [-0.05, 0) is 18.6 Å². The van der Waals surface area contributed by atoms with E-state index in [2.05, 4.69) is 5.32 Å². The molecule has 0 aromatic heterocycles. The smallest absolute Gasteiger partial charge is 0.326 e. The fourth-order valence-corrected chi connectivity index (χ4v) is 1.63. The van der Waals surface area contributed by atoms with Crippen LogP contribution in [0.1, 0.15) is 26.2 Å². The Kier molecular flexibility index (Phi) is 5.23. The van der Waals surface area contributed by atoms with Crippen LogP contribution < -0.4 is 5.32 Å². The molecule has 19 heavy (non-hydrogen) atoms. The van der Waals surface area contributed by atoms with E-state index in [0.29, 0.717) is 12.8 Å². The Balaban J connectivity index is 2.95. The first-order valence-corrected chi connectivity index (χ1v) is 5.89. The molecule has 0 aliphatic heterocycles. The van der Waals surface area contributed by atoms with Gasteiger partial charge in [-0.15, -0.1) is 0 Å². The molecule has 0 fully saturated rings. The highest BCUT2D eigenvalue weighted by Crippen LogP contribution is 2.26. The Hall–Kier alpha value is -2.18. The van der Waals surface area contributed by atoms with Crippen molar-refractivity contribution in [1.82, 2.24) is 0 Å². The van der Waals surface area contributed by atoms with Gasteiger partial charge in [0.05, 0.1) is 11.0 Å². The van der Waals surface area contributed by atoms with Crippen LogP contribution in [0, 0.1) is 15.9 Å². The number of carbonyl (C=O) groups is 1. The lowest BCUT2D eigenvalue weighted by molar-refractivity contribution is -0.384. The van der Waals surface area contributed by atoms with Gasteiger partial charge < -0.3 is 10.4 Å². The highest BCUT2D eigenvalue weighted by atomic mass is 19.1. The van der Waals surface area contributed by atoms with Gasteiger partial charge in [0.1, 0.15) is 17.5 Å². The van der Waals surface area contributed by atoms with Crippen LogP contribution in [0.25, 0.3) is 0 Å². The molecular weight excluding hydrogens is 255 g/mol. The number of unbranched alkanes of at least 4 members (excludes halogenated alkanes) is 1. The van der Waals surface area contributed by atoms with E-state index in [1.807, 2.05) is 6.92 Å². The number of hydrogen-bond acceptors (Lipinski definition) is 4. The third-order valence-electron chi connectivity index (χ3n) is 2.63. The van der Waals surface area contributed by atoms with E-state index >= 15 is 0 Å². The van der Waals surface area contributed by atoms with Crippen LogP contribution in [0.4, 0.5) is 15.8 Å². The molecule has 0 spiro atoms. The molecule has 104 valence electrons. The summed E-state index contributed by atoms with van der Waals surface area (Å²) in [6.07, 6.45) is 1.84. The number of carboxylic acids is 1. The number of nitro groups is 1. The largest absolute Gasteiger partial charge is 0.480 e. The van der Waals surface area contributed by atoms with Gasteiger partial charge in [-0.2, -0.15) is 0 Å². The van der Waals surface area contributed by atoms with Gasteiger partial charge in [0.25, 0.3) is 5.69 Å². The van der Waals surface area contributed by atoms with Crippen LogP contribution in [0.2, 0.25) is 0 Å². The standard InChI is InChI=1S/C12H15FN2O4/c1-2-3-4-10(12(16)17)14-9-6-5-8(13)7-11(9)15(18)19/h5-7,10,14H,2-4H2,1H3,(H,16,17). The predicted octanol–water partition coefficient (Wildman–Crippen LogP) is 2.79. The second kappa shape index (κ2) is 6.67. The molecule has 0 aliphatic rings. The molecule has 1 rings (SSSR count). The van der Waals surface area contributed by atoms with Gasteiger partial charge >= 0.3 is 5.97 Å². The van der Waals surface area contributed by atoms with E-state index in [1.54, 1.807) is 0 Å². The average molecular weight is 270 g/mol. The lowest BCUT2D eigenvalue weighted by atomic mass is 10.1. The number of nitrogens with one attached hydrogen (secondary N) is 1. The zero-order chi connectivity index (χ0) is 14.4. The second-order valence-corrected chi connectivity index (χ2v) is 4.10. The Morgan fingerprint density at radius 3 is 2.79 bits per heavy atom. The fraction of sp³-hybridized carbons (Fsp3) is 0.417. The Labute approximate surface area is 109 Å². The van der Waals surface area contributed by atoms with Gasteiger partial charge in [0.2, 0.25) is 0 Å². The van der Waals surface area contributed by atoms with Crippen molar-refractivity contribution in [2.24, 2.45) is 0 Å². The summed E-state index contributed by atoms with van der Waals surface area (Å²) in [6.45, 7) is 1.92. The summed E-state index contributed by atoms with van der Waals surface area (Å²) in [7, 11) is 0. The molecule has 1 aromatic rings. The van der Waals surface area contributed by atoms with Crippen molar-refractivity contribution >= 4 is 17.3 Å². The summed E-state index contributed by atoms with van der Waals surface area (Å²) in [5.41, 5.74) is -0.461. The van der Waals surface area contributed by atoms with E-state index in [9.17, 15) is 19.3 Å². The molecule has 0 heterocycles. The normalized spacial score (nSPS) is 11.9. The van der Waals surface area contributed by atoms with Crippen molar-refractivity contribution in [3.63, 3.8) is 0 Å². The zero-order valence-corrected chi connectivity index (χ0v) is 10.4. The minimum absolute atomic E-state index is 0.00917. The summed E-state index contributed by atoms with van der Waals surface area (Å²) < 4.78 is 13.0. The number of aliphatic carboxylic acids is 1. The Morgan fingerprint density at radius 2 is 2.26 bits per heavy atom. The summed E-state index contributed by atoms with van der Waals surface area (Å²) in [6, 6.07) is 2.06. The van der Waals surface area contributed by atoms with Crippen molar-refractivity contribution in [2.45, 2.75) is 32.2 Å². The maximum atomic E-state index is 13.0. The molecule has 0 amide bonds. The summed E-state index contributed by atoms with van der Waals surface area (Å²) in [5, 5.41) is 22.4. The van der Waals surface area contributed by atoms with Crippen molar-refractivity contribution in [1.29, 1.82) is 0 Å². The molecule has 0 bridgehead atoms. The molecule has 6 nitrogen and oxygen atoms in total. The summed E-state index contributed by atoms with van der Waals surface area (Å²) in [4.78, 5) is 21.1. The first-order valence-electron chi connectivity index (χ1n) is 5.89. The lowest BCUT2D eigenvalue weighted by Gasteiger charge is -2.15. The van der Waals surface area contributed by atoms with Crippen LogP contribution >= 0.6 is 0 Å². The van der Waals surface area contributed by atoms with Crippen LogP contribution in [-0.2, 0) is 4.79 Å². The Morgan fingerprint density at radius 1 is 1.58 bits per heavy atom. The number of halogens is 1. The maximum Gasteiger partial charge on any atom is 0.326 e. The van der Waals surface area contributed by atoms with Crippen molar-refractivity contribution < 1.29 is 19.2 Å². The molecule has 2 N–H and O–H groups in total. The van der Waals surface area contributed by atoms with Crippen molar-refractivity contribution in [2.75, 3.05) is 5.32 Å². The minimum atomic E-state index is -1.09. The van der Waals surface area contributed by atoms with Gasteiger partial charge in [-0.1, -0.05) is 19.8 Å². The minimum Gasteiger partial charge on any atom is -0.480 e. The third kappa shape index (κ3) is 4.20. The fourth-order valence-electron chi connectivity index (χ4n) is 1.63. The molecule has 0 aliphatic carbocycles. The summed E-state index contributed by atoms with van der Waals surface area (Å²) in [5.74, 6) is -1.83. The van der Waals surface area contributed by atoms with Crippen LogP contribution in [0.3, 0.4) is 0 Å². The number of hydrogen-bond donors (Lipinski definition) is 2. The van der Waals surface area contributed by atoms with Crippen molar-refractivity contribution in [3.05, 3.63) is 34.1 Å². The third-order valence-corrected chi connectivity index (χ3v) is 2.63.